The van der Waals surface area contributed by atoms with E-state index >= 15 is 0 Å². The summed E-state index contributed by atoms with van der Waals surface area (Å²) >= 11 is 5.82. The predicted molar refractivity (Wildman–Crippen MR) is 85.5 cm³/mol. The van der Waals surface area contributed by atoms with Crippen LogP contribution in [0.3, 0.4) is 0 Å². The number of halogens is 1. The Hall–Kier alpha value is -1.95. The summed E-state index contributed by atoms with van der Waals surface area (Å²) in [5.74, 6) is 1.56. The molecule has 1 saturated heterocycles. The van der Waals surface area contributed by atoms with Crippen LogP contribution in [0.25, 0.3) is 0 Å². The van der Waals surface area contributed by atoms with Crippen molar-refractivity contribution in [3.63, 3.8) is 0 Å². The standard InChI is InChI=1S/C16H19ClN4O2/c1-10(2)15-19-14(20-23-15)11-4-3-7-21(9-11)16(22)13-6-5-12(17)8-18-13/h5-6,8,10-11H,3-4,7,9H2,1-2H3/t11-/m0/s1. The molecule has 0 saturated carbocycles. The van der Waals surface area contributed by atoms with E-state index in [0.717, 1.165) is 12.8 Å². The summed E-state index contributed by atoms with van der Waals surface area (Å²) < 4.78 is 5.28. The minimum atomic E-state index is -0.0843. The number of aromatic nitrogens is 3. The highest BCUT2D eigenvalue weighted by atomic mass is 35.5. The molecule has 1 aliphatic heterocycles. The van der Waals surface area contributed by atoms with Crippen LogP contribution in [0.1, 0.15) is 60.7 Å². The van der Waals surface area contributed by atoms with Crippen molar-refractivity contribution in [3.05, 3.63) is 40.8 Å². The first-order valence-corrected chi connectivity index (χ1v) is 8.16. The average molecular weight is 335 g/mol. The molecule has 1 fully saturated rings. The second-order valence-electron chi connectivity index (χ2n) is 6.10. The summed E-state index contributed by atoms with van der Waals surface area (Å²) in [6, 6.07) is 3.33. The van der Waals surface area contributed by atoms with E-state index < -0.39 is 0 Å². The maximum atomic E-state index is 12.6. The maximum absolute atomic E-state index is 12.6. The molecule has 23 heavy (non-hydrogen) atoms. The summed E-state index contributed by atoms with van der Waals surface area (Å²) in [4.78, 5) is 22.9. The second kappa shape index (κ2) is 6.66. The van der Waals surface area contributed by atoms with E-state index in [2.05, 4.69) is 15.1 Å². The maximum Gasteiger partial charge on any atom is 0.272 e. The largest absolute Gasteiger partial charge is 0.339 e. The van der Waals surface area contributed by atoms with Gasteiger partial charge in [-0.15, -0.1) is 0 Å². The van der Waals surface area contributed by atoms with Crippen molar-refractivity contribution >= 4 is 17.5 Å². The summed E-state index contributed by atoms with van der Waals surface area (Å²) in [5, 5.41) is 4.60. The summed E-state index contributed by atoms with van der Waals surface area (Å²) in [6.45, 7) is 5.33. The number of rotatable bonds is 3. The number of hydrogen-bond acceptors (Lipinski definition) is 5. The first kappa shape index (κ1) is 15.9. The Morgan fingerprint density at radius 2 is 2.26 bits per heavy atom. The van der Waals surface area contributed by atoms with Gasteiger partial charge in [0.2, 0.25) is 5.89 Å². The van der Waals surface area contributed by atoms with Crippen molar-refractivity contribution < 1.29 is 9.32 Å². The van der Waals surface area contributed by atoms with Crippen molar-refractivity contribution in [1.29, 1.82) is 0 Å². The zero-order valence-electron chi connectivity index (χ0n) is 13.2. The summed E-state index contributed by atoms with van der Waals surface area (Å²) in [6.07, 6.45) is 3.36. The zero-order valence-corrected chi connectivity index (χ0v) is 14.0. The van der Waals surface area contributed by atoms with Gasteiger partial charge >= 0.3 is 0 Å². The van der Waals surface area contributed by atoms with Crippen molar-refractivity contribution in [3.8, 4) is 0 Å². The van der Waals surface area contributed by atoms with E-state index in [9.17, 15) is 4.79 Å². The number of amides is 1. The molecule has 0 unspecified atom stereocenters. The molecule has 6 nitrogen and oxygen atoms in total. The predicted octanol–water partition coefficient (Wildman–Crippen LogP) is 3.26. The number of hydrogen-bond donors (Lipinski definition) is 0. The third kappa shape index (κ3) is 3.52. The quantitative estimate of drug-likeness (QED) is 0.861. The Kier molecular flexibility index (Phi) is 4.61. The second-order valence-corrected chi connectivity index (χ2v) is 6.53. The van der Waals surface area contributed by atoms with Gasteiger partial charge in [0.15, 0.2) is 5.82 Å². The first-order valence-electron chi connectivity index (χ1n) is 7.79. The van der Waals surface area contributed by atoms with E-state index in [4.69, 9.17) is 16.1 Å². The van der Waals surface area contributed by atoms with Crippen LogP contribution >= 0.6 is 11.6 Å². The minimum absolute atomic E-state index is 0.0843. The van der Waals surface area contributed by atoms with Gasteiger partial charge in [0, 0.05) is 31.1 Å². The van der Waals surface area contributed by atoms with E-state index in [1.165, 1.54) is 6.20 Å². The topological polar surface area (TPSA) is 72.1 Å². The molecule has 3 heterocycles. The van der Waals surface area contributed by atoms with Crippen LogP contribution in [0.4, 0.5) is 0 Å². The third-order valence-corrected chi connectivity index (χ3v) is 4.20. The van der Waals surface area contributed by atoms with Crippen LogP contribution in [0.2, 0.25) is 5.02 Å². The van der Waals surface area contributed by atoms with Crippen molar-refractivity contribution in [1.82, 2.24) is 20.0 Å². The molecule has 3 rings (SSSR count). The molecule has 2 aromatic heterocycles. The van der Waals surface area contributed by atoms with Gasteiger partial charge in [0.1, 0.15) is 5.69 Å². The lowest BCUT2D eigenvalue weighted by Crippen LogP contribution is -2.39. The van der Waals surface area contributed by atoms with Gasteiger partial charge in [-0.3, -0.25) is 4.79 Å². The summed E-state index contributed by atoms with van der Waals surface area (Å²) in [5.41, 5.74) is 0.408. The molecule has 0 aliphatic carbocycles. The Bertz CT molecular complexity index is 684. The van der Waals surface area contributed by atoms with Gasteiger partial charge in [-0.05, 0) is 25.0 Å². The Morgan fingerprint density at radius 3 is 2.91 bits per heavy atom. The zero-order chi connectivity index (χ0) is 16.4. The Morgan fingerprint density at radius 1 is 1.43 bits per heavy atom. The van der Waals surface area contributed by atoms with Gasteiger partial charge < -0.3 is 9.42 Å². The van der Waals surface area contributed by atoms with Crippen LogP contribution in [0, 0.1) is 0 Å². The van der Waals surface area contributed by atoms with Crippen molar-refractivity contribution in [2.24, 2.45) is 0 Å². The SMILES string of the molecule is CC(C)c1nc([C@H]2CCCN(C(=O)c3ccc(Cl)cn3)C2)no1. The molecule has 1 atom stereocenters. The number of piperidine rings is 1. The number of nitrogens with zero attached hydrogens (tertiary/aromatic N) is 4. The van der Waals surface area contributed by atoms with Crippen molar-refractivity contribution in [2.75, 3.05) is 13.1 Å². The highest BCUT2D eigenvalue weighted by Gasteiger charge is 2.29. The molecule has 0 aromatic carbocycles. The Labute approximate surface area is 139 Å². The minimum Gasteiger partial charge on any atom is -0.339 e. The first-order chi connectivity index (χ1) is 11.0. The van der Waals surface area contributed by atoms with Gasteiger partial charge in [0.25, 0.3) is 5.91 Å². The van der Waals surface area contributed by atoms with E-state index in [0.29, 0.717) is 35.5 Å². The van der Waals surface area contributed by atoms with Crippen LogP contribution in [0.5, 0.6) is 0 Å². The fourth-order valence-corrected chi connectivity index (χ4v) is 2.80. The highest BCUT2D eigenvalue weighted by molar-refractivity contribution is 6.30. The fourth-order valence-electron chi connectivity index (χ4n) is 2.68. The highest BCUT2D eigenvalue weighted by Crippen LogP contribution is 2.27. The molecule has 1 aliphatic rings. The lowest BCUT2D eigenvalue weighted by atomic mass is 9.97. The fraction of sp³-hybridized carbons (Fsp3) is 0.500. The monoisotopic (exact) mass is 334 g/mol. The van der Waals surface area contributed by atoms with E-state index in [-0.39, 0.29) is 17.7 Å². The number of likely N-dealkylation sites (tertiary alicyclic amines) is 1. The molecular weight excluding hydrogens is 316 g/mol. The summed E-state index contributed by atoms with van der Waals surface area (Å²) in [7, 11) is 0. The van der Waals surface area contributed by atoms with Crippen LogP contribution < -0.4 is 0 Å². The van der Waals surface area contributed by atoms with Crippen molar-refractivity contribution in [2.45, 2.75) is 38.5 Å². The normalized spacial score (nSPS) is 18.4. The van der Waals surface area contributed by atoms with E-state index in [1.807, 2.05) is 13.8 Å². The molecule has 0 radical (unpaired) electrons. The molecule has 7 heteroatoms. The average Bonchev–Trinajstić information content (AvgIpc) is 3.05. The lowest BCUT2D eigenvalue weighted by molar-refractivity contribution is 0.0697. The molecule has 0 spiro atoms. The Balaban J connectivity index is 1.72. The van der Waals surface area contributed by atoms with Gasteiger partial charge in [0.05, 0.1) is 5.02 Å². The molecule has 0 N–H and O–H groups in total. The van der Waals surface area contributed by atoms with Gasteiger partial charge in [-0.2, -0.15) is 4.98 Å². The smallest absolute Gasteiger partial charge is 0.272 e. The van der Waals surface area contributed by atoms with Crippen LogP contribution in [-0.2, 0) is 0 Å². The number of carbonyl (C=O) groups excluding carboxylic acids is 1. The third-order valence-electron chi connectivity index (χ3n) is 3.97. The lowest BCUT2D eigenvalue weighted by Gasteiger charge is -2.31. The van der Waals surface area contributed by atoms with E-state index in [1.54, 1.807) is 17.0 Å². The number of pyridine rings is 1. The van der Waals surface area contributed by atoms with Gasteiger partial charge in [-0.1, -0.05) is 30.6 Å². The van der Waals surface area contributed by atoms with Crippen LogP contribution in [0.15, 0.2) is 22.9 Å². The molecule has 1 amide bonds. The van der Waals surface area contributed by atoms with Gasteiger partial charge in [-0.25, -0.2) is 4.98 Å². The number of carbonyl (C=O) groups is 1. The molecule has 2 aromatic rings. The molecule has 122 valence electrons. The molecule has 0 bridgehead atoms. The van der Waals surface area contributed by atoms with Crippen LogP contribution in [-0.4, -0.2) is 39.0 Å². The molecular formula is C16H19ClN4O2.